The average Bonchev–Trinajstić information content (AvgIpc) is 3.35. The zero-order valence-corrected chi connectivity index (χ0v) is 19.6. The first-order valence-electron chi connectivity index (χ1n) is 10.4. The average molecular weight is 469 g/mol. The first kappa shape index (κ1) is 22.5. The molecule has 11 heteroatoms. The molecule has 33 heavy (non-hydrogen) atoms. The lowest BCUT2D eigenvalue weighted by molar-refractivity contribution is 0.498. The summed E-state index contributed by atoms with van der Waals surface area (Å²) in [5.74, 6) is 0.0636. The molecule has 0 aliphatic rings. The van der Waals surface area contributed by atoms with Gasteiger partial charge in [0.05, 0.1) is 12.9 Å². The Kier molecular flexibility index (Phi) is 5.71. The molecule has 10 nitrogen and oxygen atoms in total. The number of halogens is 1. The molecule has 0 aliphatic carbocycles. The van der Waals surface area contributed by atoms with Gasteiger partial charge in [0, 0.05) is 42.8 Å². The largest absolute Gasteiger partial charge is 0.361 e. The van der Waals surface area contributed by atoms with E-state index in [4.69, 9.17) is 22.4 Å². The molecule has 0 atom stereocenters. The molecule has 0 radical (unpaired) electrons. The number of nitrogens with zero attached hydrogens (tertiary/aromatic N) is 5. The molecular formula is C22H25ClN8O2. The first-order chi connectivity index (χ1) is 15.6. The van der Waals surface area contributed by atoms with Gasteiger partial charge in [-0.1, -0.05) is 25.4 Å². The topological polar surface area (TPSA) is 129 Å². The molecular weight excluding hydrogens is 444 g/mol. The van der Waals surface area contributed by atoms with Crippen LogP contribution in [-0.2, 0) is 20.1 Å². The maximum absolute atomic E-state index is 13.2. The van der Waals surface area contributed by atoms with E-state index in [2.05, 4.69) is 10.1 Å². The van der Waals surface area contributed by atoms with Crippen LogP contribution in [0.3, 0.4) is 0 Å². The number of fused-ring (bicyclic) bond motifs is 2. The van der Waals surface area contributed by atoms with Crippen LogP contribution in [0.5, 0.6) is 0 Å². The van der Waals surface area contributed by atoms with Gasteiger partial charge in [0.2, 0.25) is 0 Å². The zero-order chi connectivity index (χ0) is 24.0. The van der Waals surface area contributed by atoms with Crippen LogP contribution in [0.2, 0.25) is 5.02 Å². The van der Waals surface area contributed by atoms with E-state index in [1.54, 1.807) is 17.8 Å². The van der Waals surface area contributed by atoms with Gasteiger partial charge in [-0.2, -0.15) is 5.10 Å². The third kappa shape index (κ3) is 3.76. The number of H-pyrrole nitrogens is 1. The highest BCUT2D eigenvalue weighted by atomic mass is 35.5. The fraction of sp³-hybridized carbons (Fsp3) is 0.318. The lowest BCUT2D eigenvalue weighted by Gasteiger charge is -2.15. The third-order valence-corrected chi connectivity index (χ3v) is 5.83. The van der Waals surface area contributed by atoms with Crippen LogP contribution in [0.4, 0.5) is 0 Å². The normalized spacial score (nSPS) is 11.6. The first-order valence-corrected chi connectivity index (χ1v) is 10.8. The lowest BCUT2D eigenvalue weighted by Crippen LogP contribution is -2.39. The van der Waals surface area contributed by atoms with E-state index >= 15 is 0 Å². The molecule has 0 spiro atoms. The SMILES string of the molecule is CC(C)Cn1c(=O)n(C)c(=O)c2c(C(=N)N(C)C=N)n(Cc3c[nH]c4ccc(Cl)cc34)nc21. The summed E-state index contributed by atoms with van der Waals surface area (Å²) >= 11 is 6.20. The van der Waals surface area contributed by atoms with E-state index in [0.717, 1.165) is 27.4 Å². The molecule has 0 unspecified atom stereocenters. The van der Waals surface area contributed by atoms with Crippen LogP contribution in [-0.4, -0.2) is 48.0 Å². The molecule has 0 aliphatic heterocycles. The second kappa shape index (κ2) is 8.36. The van der Waals surface area contributed by atoms with Gasteiger partial charge in [-0.15, -0.1) is 0 Å². The Balaban J connectivity index is 2.04. The molecule has 3 N–H and O–H groups in total. The van der Waals surface area contributed by atoms with E-state index in [0.29, 0.717) is 11.6 Å². The van der Waals surface area contributed by atoms with Crippen LogP contribution >= 0.6 is 11.6 Å². The fourth-order valence-corrected chi connectivity index (χ4v) is 4.09. The lowest BCUT2D eigenvalue weighted by atomic mass is 10.1. The Labute approximate surface area is 194 Å². The van der Waals surface area contributed by atoms with E-state index in [9.17, 15) is 9.59 Å². The quantitative estimate of drug-likeness (QED) is 0.296. The molecule has 0 amide bonds. The van der Waals surface area contributed by atoms with Crippen LogP contribution in [0.15, 0.2) is 34.0 Å². The minimum absolute atomic E-state index is 0.0720. The van der Waals surface area contributed by atoms with E-state index in [1.165, 1.54) is 16.5 Å². The molecule has 1 aromatic carbocycles. The number of benzene rings is 1. The van der Waals surface area contributed by atoms with Crippen molar-refractivity contribution in [3.8, 4) is 0 Å². The summed E-state index contributed by atoms with van der Waals surface area (Å²) in [5.41, 5.74) is 1.25. The number of rotatable bonds is 6. The molecule has 0 saturated carbocycles. The maximum Gasteiger partial charge on any atom is 0.332 e. The Bertz CT molecular complexity index is 1520. The standard InChI is InChI=1S/C22H25ClN8O2/c1-12(2)9-30-20-17(21(32)29(4)22(30)33)18(19(25)28(3)11-24)31(27-20)10-13-8-26-16-6-5-14(23)7-15(13)16/h5-8,11-12,24-26H,9-10H2,1-4H3. The van der Waals surface area contributed by atoms with Crippen LogP contribution in [0, 0.1) is 16.7 Å². The van der Waals surface area contributed by atoms with Crippen molar-refractivity contribution in [2.75, 3.05) is 7.05 Å². The van der Waals surface area contributed by atoms with Crippen molar-refractivity contribution in [2.24, 2.45) is 13.0 Å². The monoisotopic (exact) mass is 468 g/mol. The molecule has 3 aromatic heterocycles. The van der Waals surface area contributed by atoms with Crippen LogP contribution in [0.25, 0.3) is 21.9 Å². The number of aromatic nitrogens is 5. The summed E-state index contributed by atoms with van der Waals surface area (Å²) in [6.07, 6.45) is 2.83. The van der Waals surface area contributed by atoms with Crippen molar-refractivity contribution in [2.45, 2.75) is 26.9 Å². The predicted octanol–water partition coefficient (Wildman–Crippen LogP) is 2.60. The highest BCUT2D eigenvalue weighted by Gasteiger charge is 2.25. The summed E-state index contributed by atoms with van der Waals surface area (Å²) in [6, 6.07) is 5.51. The van der Waals surface area contributed by atoms with E-state index in [1.807, 2.05) is 32.2 Å². The maximum atomic E-state index is 13.2. The molecule has 4 rings (SSSR count). The minimum atomic E-state index is -0.527. The summed E-state index contributed by atoms with van der Waals surface area (Å²) in [5, 5.41) is 22.6. The molecule has 0 bridgehead atoms. The Morgan fingerprint density at radius 1 is 1.33 bits per heavy atom. The van der Waals surface area contributed by atoms with Crippen molar-refractivity contribution in [1.29, 1.82) is 10.8 Å². The van der Waals surface area contributed by atoms with Crippen molar-refractivity contribution in [1.82, 2.24) is 28.8 Å². The molecule has 0 saturated heterocycles. The number of hydrogen-bond acceptors (Lipinski definition) is 5. The molecule has 172 valence electrons. The Morgan fingerprint density at radius 3 is 2.73 bits per heavy atom. The number of amidine groups is 1. The molecule has 3 heterocycles. The Morgan fingerprint density at radius 2 is 2.06 bits per heavy atom. The number of hydrogen-bond donors (Lipinski definition) is 3. The van der Waals surface area contributed by atoms with Gasteiger partial charge in [0.1, 0.15) is 11.1 Å². The van der Waals surface area contributed by atoms with E-state index < -0.39 is 11.2 Å². The summed E-state index contributed by atoms with van der Waals surface area (Å²) in [7, 11) is 2.98. The van der Waals surface area contributed by atoms with E-state index in [-0.39, 0.29) is 35.0 Å². The third-order valence-electron chi connectivity index (χ3n) is 5.59. The highest BCUT2D eigenvalue weighted by molar-refractivity contribution is 6.31. The van der Waals surface area contributed by atoms with Crippen LogP contribution < -0.4 is 11.2 Å². The van der Waals surface area contributed by atoms with Gasteiger partial charge < -0.3 is 9.88 Å². The number of nitrogens with one attached hydrogen (secondary N) is 3. The molecule has 0 fully saturated rings. The minimum Gasteiger partial charge on any atom is -0.361 e. The fourth-order valence-electron chi connectivity index (χ4n) is 3.92. The van der Waals surface area contributed by atoms with Gasteiger partial charge >= 0.3 is 5.69 Å². The van der Waals surface area contributed by atoms with Gasteiger partial charge in [-0.25, -0.2) is 4.79 Å². The zero-order valence-electron chi connectivity index (χ0n) is 18.8. The highest BCUT2D eigenvalue weighted by Crippen LogP contribution is 2.25. The summed E-state index contributed by atoms with van der Waals surface area (Å²) in [6.45, 7) is 4.55. The van der Waals surface area contributed by atoms with Crippen molar-refractivity contribution >= 4 is 45.7 Å². The van der Waals surface area contributed by atoms with Gasteiger partial charge in [0.15, 0.2) is 11.5 Å². The second-order valence-electron chi connectivity index (χ2n) is 8.45. The predicted molar refractivity (Wildman–Crippen MR) is 130 cm³/mol. The van der Waals surface area contributed by atoms with Gasteiger partial charge in [-0.3, -0.25) is 29.4 Å². The Hall–Kier alpha value is -3.66. The summed E-state index contributed by atoms with van der Waals surface area (Å²) < 4.78 is 4.07. The van der Waals surface area contributed by atoms with Crippen molar-refractivity contribution in [3.05, 3.63) is 61.5 Å². The van der Waals surface area contributed by atoms with Crippen molar-refractivity contribution < 1.29 is 0 Å². The smallest absolute Gasteiger partial charge is 0.332 e. The van der Waals surface area contributed by atoms with Crippen LogP contribution in [0.1, 0.15) is 25.1 Å². The second-order valence-corrected chi connectivity index (χ2v) is 8.88. The molecule has 4 aromatic rings. The van der Waals surface area contributed by atoms with Gasteiger partial charge in [0.25, 0.3) is 5.56 Å². The van der Waals surface area contributed by atoms with Crippen molar-refractivity contribution in [3.63, 3.8) is 0 Å². The number of aromatic amines is 1. The van der Waals surface area contributed by atoms with Gasteiger partial charge in [-0.05, 0) is 29.7 Å². The summed E-state index contributed by atoms with van der Waals surface area (Å²) in [4.78, 5) is 30.6.